The van der Waals surface area contributed by atoms with Crippen LogP contribution in [0.15, 0.2) is 6.20 Å². The van der Waals surface area contributed by atoms with E-state index in [1.54, 1.807) is 0 Å². The molecule has 1 N–H and O–H groups in total. The molecule has 0 atom stereocenters. The van der Waals surface area contributed by atoms with Gasteiger partial charge in [-0.25, -0.2) is 8.78 Å². The number of aliphatic carboxylic acids is 1. The highest BCUT2D eigenvalue weighted by Crippen LogP contribution is 2.33. The average molecular weight is 257 g/mol. The van der Waals surface area contributed by atoms with E-state index in [0.717, 1.165) is 0 Å². The molecule has 1 heterocycles. The molecule has 1 aromatic rings. The highest BCUT2D eigenvalue weighted by atomic mass is 19.3. The molecule has 0 saturated heterocycles. The van der Waals surface area contributed by atoms with Gasteiger partial charge < -0.3 is 5.11 Å². The Morgan fingerprint density at radius 1 is 1.67 bits per heavy atom. The standard InChI is InChI=1S/C9H5F2N3O4/c10-9(11)7-4(2-12)3-13-5(1-6(15)16)8(7)14(17)18/h3,9H,1H2,(H,15,16). The summed E-state index contributed by atoms with van der Waals surface area (Å²) in [4.78, 5) is 23.4. The summed E-state index contributed by atoms with van der Waals surface area (Å²) >= 11 is 0. The molecular weight excluding hydrogens is 252 g/mol. The van der Waals surface area contributed by atoms with Gasteiger partial charge in [0.25, 0.3) is 6.43 Å². The normalized spacial score (nSPS) is 10.1. The van der Waals surface area contributed by atoms with Crippen LogP contribution in [0.1, 0.15) is 23.2 Å². The van der Waals surface area contributed by atoms with E-state index in [2.05, 4.69) is 4.98 Å². The Labute approximate surface area is 98.4 Å². The van der Waals surface area contributed by atoms with E-state index >= 15 is 0 Å². The van der Waals surface area contributed by atoms with Crippen LogP contribution in [-0.2, 0) is 11.2 Å². The Morgan fingerprint density at radius 2 is 2.28 bits per heavy atom. The first-order valence-electron chi connectivity index (χ1n) is 4.44. The van der Waals surface area contributed by atoms with Gasteiger partial charge in [0.1, 0.15) is 17.3 Å². The van der Waals surface area contributed by atoms with Gasteiger partial charge in [0.15, 0.2) is 0 Å². The van der Waals surface area contributed by atoms with Gasteiger partial charge in [0.2, 0.25) is 0 Å². The van der Waals surface area contributed by atoms with Crippen LogP contribution < -0.4 is 0 Å². The number of nitrogens with zero attached hydrogens (tertiary/aromatic N) is 3. The molecule has 0 spiro atoms. The van der Waals surface area contributed by atoms with Crippen LogP contribution in [0.3, 0.4) is 0 Å². The third-order valence-corrected chi connectivity index (χ3v) is 2.01. The summed E-state index contributed by atoms with van der Waals surface area (Å²) in [6, 6.07) is 1.36. The summed E-state index contributed by atoms with van der Waals surface area (Å²) in [5.74, 6) is -1.45. The maximum atomic E-state index is 12.7. The van der Waals surface area contributed by atoms with E-state index in [4.69, 9.17) is 10.4 Å². The maximum absolute atomic E-state index is 12.7. The van der Waals surface area contributed by atoms with Gasteiger partial charge in [-0.3, -0.25) is 19.9 Å². The number of carboxylic acids is 1. The van der Waals surface area contributed by atoms with Crippen molar-refractivity contribution in [1.82, 2.24) is 4.98 Å². The van der Waals surface area contributed by atoms with Crippen LogP contribution in [0, 0.1) is 21.4 Å². The lowest BCUT2D eigenvalue weighted by molar-refractivity contribution is -0.387. The van der Waals surface area contributed by atoms with Gasteiger partial charge in [0.05, 0.1) is 16.9 Å². The average Bonchev–Trinajstić information content (AvgIpc) is 2.26. The van der Waals surface area contributed by atoms with E-state index in [1.807, 2.05) is 0 Å². The molecule has 9 heteroatoms. The van der Waals surface area contributed by atoms with Crippen molar-refractivity contribution in [3.05, 3.63) is 33.1 Å². The van der Waals surface area contributed by atoms with Crippen molar-refractivity contribution >= 4 is 11.7 Å². The molecule has 0 aliphatic carbocycles. The lowest BCUT2D eigenvalue weighted by atomic mass is 10.1. The van der Waals surface area contributed by atoms with E-state index in [1.165, 1.54) is 6.07 Å². The van der Waals surface area contributed by atoms with Crippen molar-refractivity contribution in [3.63, 3.8) is 0 Å². The van der Waals surface area contributed by atoms with E-state index < -0.39 is 46.2 Å². The maximum Gasteiger partial charge on any atom is 0.309 e. The quantitative estimate of drug-likeness (QED) is 0.643. The first-order valence-corrected chi connectivity index (χ1v) is 4.44. The van der Waals surface area contributed by atoms with E-state index in [9.17, 15) is 23.7 Å². The molecular formula is C9H5F2N3O4. The lowest BCUT2D eigenvalue weighted by Gasteiger charge is -2.06. The Morgan fingerprint density at radius 3 is 2.67 bits per heavy atom. The largest absolute Gasteiger partial charge is 0.481 e. The number of aromatic nitrogens is 1. The highest BCUT2D eigenvalue weighted by Gasteiger charge is 2.31. The summed E-state index contributed by atoms with van der Waals surface area (Å²) in [5, 5.41) is 27.8. The van der Waals surface area contributed by atoms with E-state index in [-0.39, 0.29) is 0 Å². The molecule has 18 heavy (non-hydrogen) atoms. The number of nitriles is 1. The fourth-order valence-corrected chi connectivity index (χ4v) is 1.34. The number of carboxylic acid groups (broad SMARTS) is 1. The summed E-state index contributed by atoms with van der Waals surface area (Å²) in [7, 11) is 0. The molecule has 1 aromatic heterocycles. The Bertz CT molecular complexity index is 553. The molecule has 94 valence electrons. The summed E-state index contributed by atoms with van der Waals surface area (Å²) in [5.41, 5.74) is -3.48. The first kappa shape index (κ1) is 13.4. The molecule has 7 nitrogen and oxygen atoms in total. The molecule has 0 radical (unpaired) electrons. The fourth-order valence-electron chi connectivity index (χ4n) is 1.34. The Balaban J connectivity index is 3.58. The topological polar surface area (TPSA) is 117 Å². The number of alkyl halides is 2. The molecule has 0 amide bonds. The van der Waals surface area contributed by atoms with Gasteiger partial charge in [0, 0.05) is 6.20 Å². The fraction of sp³-hybridized carbons (Fsp3) is 0.222. The van der Waals surface area contributed by atoms with Gasteiger partial charge in [-0.2, -0.15) is 5.26 Å². The molecule has 0 aliphatic heterocycles. The van der Waals surface area contributed by atoms with Gasteiger partial charge >= 0.3 is 11.7 Å². The second kappa shape index (κ2) is 5.13. The minimum absolute atomic E-state index is 0.609. The molecule has 0 aromatic carbocycles. The predicted molar refractivity (Wildman–Crippen MR) is 51.9 cm³/mol. The van der Waals surface area contributed by atoms with Crippen LogP contribution >= 0.6 is 0 Å². The van der Waals surface area contributed by atoms with Crippen LogP contribution in [0.2, 0.25) is 0 Å². The van der Waals surface area contributed by atoms with Crippen molar-refractivity contribution in [2.45, 2.75) is 12.8 Å². The van der Waals surface area contributed by atoms with Crippen molar-refractivity contribution in [1.29, 1.82) is 5.26 Å². The number of nitro groups is 1. The monoisotopic (exact) mass is 257 g/mol. The minimum Gasteiger partial charge on any atom is -0.481 e. The third-order valence-electron chi connectivity index (χ3n) is 2.01. The predicted octanol–water partition coefficient (Wildman–Crippen LogP) is 1.43. The first-order chi connectivity index (χ1) is 8.38. The molecule has 0 bridgehead atoms. The van der Waals surface area contributed by atoms with Crippen LogP contribution in [0.25, 0.3) is 0 Å². The number of hydrogen-bond donors (Lipinski definition) is 1. The lowest BCUT2D eigenvalue weighted by Crippen LogP contribution is -2.10. The Hall–Kier alpha value is -2.63. The van der Waals surface area contributed by atoms with Crippen molar-refractivity contribution < 1.29 is 23.6 Å². The molecule has 1 rings (SSSR count). The minimum atomic E-state index is -3.27. The van der Waals surface area contributed by atoms with Crippen molar-refractivity contribution in [3.8, 4) is 6.07 Å². The highest BCUT2D eigenvalue weighted by molar-refractivity contribution is 5.72. The van der Waals surface area contributed by atoms with E-state index in [0.29, 0.717) is 6.20 Å². The zero-order chi connectivity index (χ0) is 13.9. The van der Waals surface area contributed by atoms with Crippen LogP contribution in [0.5, 0.6) is 0 Å². The molecule has 0 unspecified atom stereocenters. The molecule has 0 saturated carbocycles. The smallest absolute Gasteiger partial charge is 0.309 e. The van der Waals surface area contributed by atoms with Gasteiger partial charge in [-0.15, -0.1) is 0 Å². The summed E-state index contributed by atoms with van der Waals surface area (Å²) in [6.07, 6.45) is -3.44. The second-order valence-electron chi connectivity index (χ2n) is 3.12. The number of halogens is 2. The SMILES string of the molecule is N#Cc1cnc(CC(=O)O)c([N+](=O)[O-])c1C(F)F. The van der Waals surface area contributed by atoms with Gasteiger partial charge in [-0.05, 0) is 0 Å². The number of rotatable bonds is 4. The van der Waals surface area contributed by atoms with Crippen molar-refractivity contribution in [2.75, 3.05) is 0 Å². The molecule has 0 fully saturated rings. The number of pyridine rings is 1. The number of carbonyl (C=O) groups is 1. The Kier molecular flexibility index (Phi) is 3.83. The summed E-state index contributed by atoms with van der Waals surface area (Å²) in [6.45, 7) is 0. The molecule has 0 aliphatic rings. The van der Waals surface area contributed by atoms with Crippen molar-refractivity contribution in [2.24, 2.45) is 0 Å². The van der Waals surface area contributed by atoms with Crippen LogP contribution in [0.4, 0.5) is 14.5 Å². The zero-order valence-electron chi connectivity index (χ0n) is 8.63. The second-order valence-corrected chi connectivity index (χ2v) is 3.12. The summed E-state index contributed by atoms with van der Waals surface area (Å²) < 4.78 is 25.4. The zero-order valence-corrected chi connectivity index (χ0v) is 8.63. The van der Waals surface area contributed by atoms with Gasteiger partial charge in [-0.1, -0.05) is 0 Å². The van der Waals surface area contributed by atoms with Crippen LogP contribution in [-0.4, -0.2) is 21.0 Å². The third kappa shape index (κ3) is 2.54. The number of hydrogen-bond acceptors (Lipinski definition) is 5.